The second-order valence-electron chi connectivity index (χ2n) is 4.90. The van der Waals surface area contributed by atoms with E-state index < -0.39 is 6.09 Å². The van der Waals surface area contributed by atoms with Crippen molar-refractivity contribution in [3.05, 3.63) is 53.1 Å². The van der Waals surface area contributed by atoms with Crippen LogP contribution in [0.3, 0.4) is 0 Å². The third-order valence-corrected chi connectivity index (χ3v) is 3.78. The zero-order chi connectivity index (χ0) is 14.8. The van der Waals surface area contributed by atoms with Gasteiger partial charge in [0.1, 0.15) is 5.75 Å². The fraction of sp³-hybridized carbons (Fsp3) is 0.188. The number of carboxylic acid groups (broad SMARTS) is 1. The molecule has 108 valence electrons. The highest BCUT2D eigenvalue weighted by Crippen LogP contribution is 2.35. The van der Waals surface area contributed by atoms with Gasteiger partial charge in [-0.25, -0.2) is 4.79 Å². The van der Waals surface area contributed by atoms with Crippen LogP contribution in [0, 0.1) is 0 Å². The first kappa shape index (κ1) is 13.8. The minimum absolute atomic E-state index is 0.217. The minimum Gasteiger partial charge on any atom is -0.493 e. The van der Waals surface area contributed by atoms with Gasteiger partial charge >= 0.3 is 6.09 Å². The molecule has 0 saturated heterocycles. The second-order valence-corrected chi connectivity index (χ2v) is 5.34. The lowest BCUT2D eigenvalue weighted by molar-refractivity contribution is 0.182. The van der Waals surface area contributed by atoms with Crippen LogP contribution in [-0.2, 0) is 0 Å². The molecule has 1 aliphatic rings. The van der Waals surface area contributed by atoms with Gasteiger partial charge in [-0.2, -0.15) is 0 Å². The number of hydrogen-bond acceptors (Lipinski definition) is 2. The molecule has 3 rings (SSSR count). The molecule has 0 aromatic heterocycles. The quantitative estimate of drug-likeness (QED) is 0.878. The Kier molecular flexibility index (Phi) is 3.71. The van der Waals surface area contributed by atoms with Gasteiger partial charge in [0, 0.05) is 17.0 Å². The summed E-state index contributed by atoms with van der Waals surface area (Å²) in [5.74, 6) is 0.729. The molecule has 4 nitrogen and oxygen atoms in total. The van der Waals surface area contributed by atoms with Crippen molar-refractivity contribution in [1.29, 1.82) is 0 Å². The lowest BCUT2D eigenvalue weighted by Crippen LogP contribution is -2.30. The van der Waals surface area contributed by atoms with Crippen LogP contribution in [0.25, 0.3) is 11.1 Å². The highest BCUT2D eigenvalue weighted by molar-refractivity contribution is 6.30. The van der Waals surface area contributed by atoms with E-state index in [1.165, 1.54) is 0 Å². The molecule has 0 radical (unpaired) electrons. The van der Waals surface area contributed by atoms with Crippen molar-refractivity contribution in [2.24, 2.45) is 0 Å². The molecule has 0 aliphatic carbocycles. The van der Waals surface area contributed by atoms with Crippen LogP contribution >= 0.6 is 11.6 Å². The average Bonchev–Trinajstić information content (AvgIpc) is 2.47. The van der Waals surface area contributed by atoms with Crippen molar-refractivity contribution in [3.63, 3.8) is 0 Å². The van der Waals surface area contributed by atoms with Crippen LogP contribution in [0.2, 0.25) is 5.02 Å². The van der Waals surface area contributed by atoms with Crippen LogP contribution in [-0.4, -0.2) is 17.8 Å². The Balaban J connectivity index is 1.94. The van der Waals surface area contributed by atoms with E-state index in [1.807, 2.05) is 42.5 Å². The lowest BCUT2D eigenvalue weighted by atomic mass is 9.96. The molecule has 2 aromatic rings. The number of ether oxygens (including phenoxy) is 1. The summed E-state index contributed by atoms with van der Waals surface area (Å²) < 4.78 is 5.66. The van der Waals surface area contributed by atoms with Crippen molar-refractivity contribution in [3.8, 4) is 16.9 Å². The highest BCUT2D eigenvalue weighted by Gasteiger charge is 2.23. The Morgan fingerprint density at radius 3 is 2.62 bits per heavy atom. The van der Waals surface area contributed by atoms with Gasteiger partial charge < -0.3 is 15.2 Å². The zero-order valence-corrected chi connectivity index (χ0v) is 11.9. The summed E-state index contributed by atoms with van der Waals surface area (Å²) in [5, 5.41) is 12.1. The molecular weight excluding hydrogens is 290 g/mol. The predicted molar refractivity (Wildman–Crippen MR) is 80.9 cm³/mol. The van der Waals surface area contributed by atoms with Crippen LogP contribution in [0.15, 0.2) is 42.5 Å². The van der Waals surface area contributed by atoms with Crippen molar-refractivity contribution in [2.75, 3.05) is 6.61 Å². The molecule has 1 heterocycles. The van der Waals surface area contributed by atoms with Gasteiger partial charge in [0.2, 0.25) is 0 Å². The fourth-order valence-electron chi connectivity index (χ4n) is 2.51. The molecular formula is C16H14ClNO3. The van der Waals surface area contributed by atoms with Crippen molar-refractivity contribution in [1.82, 2.24) is 5.32 Å². The molecule has 2 aromatic carbocycles. The molecule has 1 amide bonds. The molecule has 1 unspecified atom stereocenters. The van der Waals surface area contributed by atoms with Crippen LogP contribution < -0.4 is 10.1 Å². The van der Waals surface area contributed by atoms with Crippen LogP contribution in [0.5, 0.6) is 5.75 Å². The zero-order valence-electron chi connectivity index (χ0n) is 11.2. The first-order valence-electron chi connectivity index (χ1n) is 6.65. The van der Waals surface area contributed by atoms with Crippen molar-refractivity contribution >= 4 is 17.7 Å². The number of nitrogens with one attached hydrogen (secondary N) is 1. The van der Waals surface area contributed by atoms with E-state index in [1.54, 1.807) is 0 Å². The van der Waals surface area contributed by atoms with E-state index in [2.05, 4.69) is 5.32 Å². The Labute approximate surface area is 127 Å². The van der Waals surface area contributed by atoms with Gasteiger partial charge in [-0.3, -0.25) is 0 Å². The third kappa shape index (κ3) is 2.95. The first-order chi connectivity index (χ1) is 10.1. The van der Waals surface area contributed by atoms with Gasteiger partial charge in [0.25, 0.3) is 0 Å². The van der Waals surface area contributed by atoms with E-state index in [9.17, 15) is 4.79 Å². The number of benzene rings is 2. The molecule has 0 saturated carbocycles. The summed E-state index contributed by atoms with van der Waals surface area (Å²) in [4.78, 5) is 10.8. The summed E-state index contributed by atoms with van der Waals surface area (Å²) in [6.07, 6.45) is -0.380. The van der Waals surface area contributed by atoms with E-state index in [4.69, 9.17) is 21.4 Å². The number of halogens is 1. The predicted octanol–water partition coefficient (Wildman–Crippen LogP) is 4.10. The van der Waals surface area contributed by atoms with Gasteiger partial charge in [-0.1, -0.05) is 35.9 Å². The monoisotopic (exact) mass is 303 g/mol. The summed E-state index contributed by atoms with van der Waals surface area (Å²) in [7, 11) is 0. The maximum Gasteiger partial charge on any atom is 0.405 e. The normalized spacial score (nSPS) is 16.7. The molecule has 0 spiro atoms. The molecule has 1 atom stereocenters. The maximum atomic E-state index is 10.8. The summed E-state index contributed by atoms with van der Waals surface area (Å²) in [5.41, 5.74) is 2.93. The molecule has 1 aliphatic heterocycles. The summed E-state index contributed by atoms with van der Waals surface area (Å²) >= 11 is 5.89. The second kappa shape index (κ2) is 5.66. The minimum atomic E-state index is -1.02. The topological polar surface area (TPSA) is 58.6 Å². The molecule has 21 heavy (non-hydrogen) atoms. The molecule has 5 heteroatoms. The first-order valence-corrected chi connectivity index (χ1v) is 7.03. The number of rotatable bonds is 2. The van der Waals surface area contributed by atoms with Gasteiger partial charge in [-0.15, -0.1) is 0 Å². The molecule has 0 bridgehead atoms. The van der Waals surface area contributed by atoms with E-state index >= 15 is 0 Å². The van der Waals surface area contributed by atoms with E-state index in [-0.39, 0.29) is 6.04 Å². The Morgan fingerprint density at radius 1 is 1.19 bits per heavy atom. The van der Waals surface area contributed by atoms with Gasteiger partial charge in [-0.05, 0) is 29.3 Å². The number of carbonyl (C=O) groups is 1. The van der Waals surface area contributed by atoms with Crippen LogP contribution in [0.1, 0.15) is 18.0 Å². The number of hydrogen-bond donors (Lipinski definition) is 2. The van der Waals surface area contributed by atoms with Crippen molar-refractivity contribution < 1.29 is 14.6 Å². The van der Waals surface area contributed by atoms with Crippen molar-refractivity contribution in [2.45, 2.75) is 12.5 Å². The standard InChI is InChI=1S/C16H14ClNO3/c17-12-4-1-10(2-5-12)11-3-6-13-14(18-16(19)20)7-8-21-15(13)9-11/h1-6,9,14,18H,7-8H2,(H,19,20). The van der Waals surface area contributed by atoms with Gasteiger partial charge in [0.15, 0.2) is 0 Å². The lowest BCUT2D eigenvalue weighted by Gasteiger charge is -2.26. The summed E-state index contributed by atoms with van der Waals surface area (Å²) in [6, 6.07) is 13.2. The largest absolute Gasteiger partial charge is 0.493 e. The average molecular weight is 304 g/mol. The Morgan fingerprint density at radius 2 is 1.90 bits per heavy atom. The van der Waals surface area contributed by atoms with E-state index in [0.717, 1.165) is 22.4 Å². The van der Waals surface area contributed by atoms with Gasteiger partial charge in [0.05, 0.1) is 12.6 Å². The SMILES string of the molecule is O=C(O)NC1CCOc2cc(-c3ccc(Cl)cc3)ccc21. The van der Waals surface area contributed by atoms with Crippen LogP contribution in [0.4, 0.5) is 4.79 Å². The number of fused-ring (bicyclic) bond motifs is 1. The molecule has 2 N–H and O–H groups in total. The summed E-state index contributed by atoms with van der Waals surface area (Å²) in [6.45, 7) is 0.502. The number of amides is 1. The van der Waals surface area contributed by atoms with E-state index in [0.29, 0.717) is 18.1 Å². The fourth-order valence-corrected chi connectivity index (χ4v) is 2.64. The third-order valence-electron chi connectivity index (χ3n) is 3.53. The smallest absolute Gasteiger partial charge is 0.405 e. The Hall–Kier alpha value is -2.20. The highest BCUT2D eigenvalue weighted by atomic mass is 35.5. The Bertz CT molecular complexity index is 670. The molecule has 0 fully saturated rings. The maximum absolute atomic E-state index is 10.8.